The molecule has 0 aliphatic rings. The monoisotopic (exact) mass is 288 g/mol. The Kier molecular flexibility index (Phi) is 3.05. The van der Waals surface area contributed by atoms with E-state index in [0.717, 1.165) is 11.6 Å². The van der Waals surface area contributed by atoms with Gasteiger partial charge in [0.1, 0.15) is 0 Å². The van der Waals surface area contributed by atoms with Crippen LogP contribution >= 0.6 is 0 Å². The Balaban J connectivity index is 2.28. The molecule has 106 valence electrons. The van der Waals surface area contributed by atoms with Gasteiger partial charge in [0.15, 0.2) is 0 Å². The maximum atomic E-state index is 13.0. The molecular weight excluding hydrogens is 277 g/mol. The van der Waals surface area contributed by atoms with Crippen molar-refractivity contribution >= 4 is 16.6 Å². The number of nitrogen functional groups attached to an aromatic ring is 1. The van der Waals surface area contributed by atoms with Gasteiger partial charge in [0.05, 0.1) is 11.1 Å². The lowest BCUT2D eigenvalue weighted by atomic mass is 9.99. The highest BCUT2D eigenvalue weighted by atomic mass is 19.4. The van der Waals surface area contributed by atoms with Crippen LogP contribution in [0.2, 0.25) is 0 Å². The van der Waals surface area contributed by atoms with Crippen LogP contribution in [0, 0.1) is 0 Å². The molecular formula is C16H11F3N2. The van der Waals surface area contributed by atoms with Crippen LogP contribution in [-0.2, 0) is 6.18 Å². The normalized spacial score (nSPS) is 11.8. The van der Waals surface area contributed by atoms with Crippen LogP contribution in [0.25, 0.3) is 22.0 Å². The number of nitrogens with zero attached hydrogens (tertiary/aromatic N) is 1. The third kappa shape index (κ3) is 2.42. The fourth-order valence-electron chi connectivity index (χ4n) is 2.32. The Morgan fingerprint density at radius 3 is 2.29 bits per heavy atom. The van der Waals surface area contributed by atoms with Crippen LogP contribution in [-0.4, -0.2) is 4.98 Å². The first-order valence-electron chi connectivity index (χ1n) is 6.27. The minimum atomic E-state index is -4.42. The summed E-state index contributed by atoms with van der Waals surface area (Å²) in [7, 11) is 0. The minimum Gasteiger partial charge on any atom is -0.399 e. The zero-order valence-electron chi connectivity index (χ0n) is 10.9. The number of halogens is 3. The van der Waals surface area contributed by atoms with E-state index in [-0.39, 0.29) is 5.52 Å². The molecule has 0 bridgehead atoms. The lowest BCUT2D eigenvalue weighted by molar-refractivity contribution is -0.136. The van der Waals surface area contributed by atoms with Gasteiger partial charge in [-0.2, -0.15) is 13.2 Å². The summed E-state index contributed by atoms with van der Waals surface area (Å²) in [4.78, 5) is 3.91. The number of benzene rings is 2. The van der Waals surface area contributed by atoms with Gasteiger partial charge in [-0.1, -0.05) is 24.3 Å². The van der Waals surface area contributed by atoms with E-state index in [1.165, 1.54) is 12.3 Å². The molecule has 2 N–H and O–H groups in total. The highest BCUT2D eigenvalue weighted by Gasteiger charge is 2.33. The van der Waals surface area contributed by atoms with Gasteiger partial charge in [0.25, 0.3) is 0 Å². The molecule has 0 radical (unpaired) electrons. The van der Waals surface area contributed by atoms with Crippen LogP contribution in [0.5, 0.6) is 0 Å². The van der Waals surface area contributed by atoms with Gasteiger partial charge < -0.3 is 5.73 Å². The highest BCUT2D eigenvalue weighted by Crippen LogP contribution is 2.36. The lowest BCUT2D eigenvalue weighted by Gasteiger charge is -2.12. The van der Waals surface area contributed by atoms with Gasteiger partial charge in [0.2, 0.25) is 0 Å². The molecule has 1 heterocycles. The molecule has 2 nitrogen and oxygen atoms in total. The summed E-state index contributed by atoms with van der Waals surface area (Å²) in [6, 6.07) is 12.8. The number of hydrogen-bond acceptors (Lipinski definition) is 2. The Hall–Kier alpha value is -2.56. The maximum Gasteiger partial charge on any atom is 0.418 e. The number of alkyl halides is 3. The number of hydrogen-bond donors (Lipinski definition) is 1. The number of para-hydroxylation sites is 1. The summed E-state index contributed by atoms with van der Waals surface area (Å²) < 4.78 is 39.1. The molecule has 0 saturated carbocycles. The van der Waals surface area contributed by atoms with Crippen molar-refractivity contribution in [2.24, 2.45) is 0 Å². The molecule has 0 spiro atoms. The van der Waals surface area contributed by atoms with E-state index in [4.69, 9.17) is 5.73 Å². The second kappa shape index (κ2) is 4.77. The molecule has 0 aliphatic carbocycles. The number of fused-ring (bicyclic) bond motifs is 1. The summed E-state index contributed by atoms with van der Waals surface area (Å²) in [6.45, 7) is 0. The standard InChI is InChI=1S/C16H11F3N2/c17-16(18,19)14-3-1-2-13-12(8-9-21-15(13)14)10-4-6-11(20)7-5-10/h1-9H,20H2. The molecule has 3 aromatic rings. The topological polar surface area (TPSA) is 38.9 Å². The predicted octanol–water partition coefficient (Wildman–Crippen LogP) is 4.50. The van der Waals surface area contributed by atoms with Crippen LogP contribution in [0.1, 0.15) is 5.56 Å². The van der Waals surface area contributed by atoms with Crippen LogP contribution in [0.15, 0.2) is 54.7 Å². The van der Waals surface area contributed by atoms with E-state index in [2.05, 4.69) is 4.98 Å². The van der Waals surface area contributed by atoms with Crippen molar-refractivity contribution in [3.63, 3.8) is 0 Å². The van der Waals surface area contributed by atoms with Crippen molar-refractivity contribution in [3.05, 3.63) is 60.3 Å². The van der Waals surface area contributed by atoms with Crippen molar-refractivity contribution < 1.29 is 13.2 Å². The first kappa shape index (κ1) is 13.4. The molecule has 21 heavy (non-hydrogen) atoms. The Morgan fingerprint density at radius 2 is 1.62 bits per heavy atom. The number of rotatable bonds is 1. The summed E-state index contributed by atoms with van der Waals surface area (Å²) in [5.74, 6) is 0. The fourth-order valence-corrected chi connectivity index (χ4v) is 2.32. The second-order valence-corrected chi connectivity index (χ2v) is 4.68. The van der Waals surface area contributed by atoms with Crippen molar-refractivity contribution in [2.45, 2.75) is 6.18 Å². The second-order valence-electron chi connectivity index (χ2n) is 4.68. The van der Waals surface area contributed by atoms with E-state index >= 15 is 0 Å². The van der Waals surface area contributed by atoms with Crippen molar-refractivity contribution in [1.82, 2.24) is 4.98 Å². The Labute approximate surface area is 119 Å². The van der Waals surface area contributed by atoms with E-state index in [9.17, 15) is 13.2 Å². The zero-order valence-corrected chi connectivity index (χ0v) is 10.9. The van der Waals surface area contributed by atoms with Crippen molar-refractivity contribution in [2.75, 3.05) is 5.73 Å². The van der Waals surface area contributed by atoms with Gasteiger partial charge in [-0.3, -0.25) is 4.98 Å². The number of pyridine rings is 1. The molecule has 1 aromatic heterocycles. The molecule has 0 aliphatic heterocycles. The van der Waals surface area contributed by atoms with Crippen LogP contribution in [0.3, 0.4) is 0 Å². The van der Waals surface area contributed by atoms with Gasteiger partial charge >= 0.3 is 6.18 Å². The summed E-state index contributed by atoms with van der Waals surface area (Å²) >= 11 is 0. The van der Waals surface area contributed by atoms with Crippen molar-refractivity contribution in [1.29, 1.82) is 0 Å². The Morgan fingerprint density at radius 1 is 0.905 bits per heavy atom. The molecule has 5 heteroatoms. The molecule has 0 saturated heterocycles. The number of aromatic nitrogens is 1. The number of anilines is 1. The maximum absolute atomic E-state index is 13.0. The number of nitrogens with two attached hydrogens (primary N) is 1. The average Bonchev–Trinajstić information content (AvgIpc) is 2.46. The van der Waals surface area contributed by atoms with E-state index < -0.39 is 11.7 Å². The predicted molar refractivity (Wildman–Crippen MR) is 76.6 cm³/mol. The largest absolute Gasteiger partial charge is 0.418 e. The van der Waals surface area contributed by atoms with Crippen LogP contribution in [0.4, 0.5) is 18.9 Å². The van der Waals surface area contributed by atoms with E-state index in [1.54, 1.807) is 36.4 Å². The van der Waals surface area contributed by atoms with Gasteiger partial charge in [-0.05, 0) is 35.4 Å². The van der Waals surface area contributed by atoms with Gasteiger partial charge in [-0.25, -0.2) is 0 Å². The first-order chi connectivity index (χ1) is 9.97. The molecule has 0 atom stereocenters. The average molecular weight is 288 g/mol. The fraction of sp³-hybridized carbons (Fsp3) is 0.0625. The molecule has 0 fully saturated rings. The molecule has 0 unspecified atom stereocenters. The quantitative estimate of drug-likeness (QED) is 0.669. The summed E-state index contributed by atoms with van der Waals surface area (Å²) in [5.41, 5.74) is 6.98. The van der Waals surface area contributed by atoms with Crippen LogP contribution < -0.4 is 5.73 Å². The SMILES string of the molecule is Nc1ccc(-c2ccnc3c(C(F)(F)F)cccc23)cc1. The highest BCUT2D eigenvalue weighted by molar-refractivity contribution is 5.96. The van der Waals surface area contributed by atoms with E-state index in [0.29, 0.717) is 16.6 Å². The third-order valence-corrected chi connectivity index (χ3v) is 3.30. The summed E-state index contributed by atoms with van der Waals surface area (Å²) in [5, 5.41) is 0.470. The molecule has 2 aromatic carbocycles. The minimum absolute atomic E-state index is 0.0423. The lowest BCUT2D eigenvalue weighted by Crippen LogP contribution is -2.06. The van der Waals surface area contributed by atoms with Crippen molar-refractivity contribution in [3.8, 4) is 11.1 Å². The first-order valence-corrected chi connectivity index (χ1v) is 6.27. The summed E-state index contributed by atoms with van der Waals surface area (Å²) in [6.07, 6.45) is -3.03. The van der Waals surface area contributed by atoms with E-state index in [1.807, 2.05) is 0 Å². The molecule has 3 rings (SSSR count). The smallest absolute Gasteiger partial charge is 0.399 e. The zero-order chi connectivity index (χ0) is 15.0. The van der Waals surface area contributed by atoms with Gasteiger partial charge in [0, 0.05) is 17.3 Å². The Bertz CT molecular complexity index is 793. The third-order valence-electron chi connectivity index (χ3n) is 3.30. The molecule has 0 amide bonds. The van der Waals surface area contributed by atoms with Gasteiger partial charge in [-0.15, -0.1) is 0 Å².